The molecule has 0 rings (SSSR count). The van der Waals surface area contributed by atoms with Crippen LogP contribution in [0, 0.1) is 0 Å². The summed E-state index contributed by atoms with van der Waals surface area (Å²) in [6, 6.07) is 0. The minimum atomic E-state index is 0. The zero-order valence-corrected chi connectivity index (χ0v) is 10.7. The molecule has 0 aromatic carbocycles. The van der Waals surface area contributed by atoms with Gasteiger partial charge in [0.1, 0.15) is 0 Å². The largest absolute Gasteiger partial charge is 0.381 e. The van der Waals surface area contributed by atoms with E-state index in [-0.39, 0.29) is 12.4 Å². The van der Waals surface area contributed by atoms with Crippen molar-refractivity contribution in [2.24, 2.45) is 0 Å². The highest BCUT2D eigenvalue weighted by Crippen LogP contribution is 1.91. The Labute approximate surface area is 100 Å². The number of hydrogen-bond donors (Lipinski definition) is 1. The maximum atomic E-state index is 5.41. The number of nitrogens with one attached hydrogen (secondary N) is 1. The van der Waals surface area contributed by atoms with Gasteiger partial charge in [0.25, 0.3) is 0 Å². The van der Waals surface area contributed by atoms with Crippen LogP contribution in [0.25, 0.3) is 0 Å². The first-order chi connectivity index (χ1) is 6.91. The molecular formula is C12H24ClNO. The van der Waals surface area contributed by atoms with Gasteiger partial charge < -0.3 is 10.1 Å². The Hall–Kier alpha value is -0.310. The van der Waals surface area contributed by atoms with Crippen LogP contribution < -0.4 is 5.32 Å². The van der Waals surface area contributed by atoms with Crippen molar-refractivity contribution in [1.29, 1.82) is 0 Å². The van der Waals surface area contributed by atoms with E-state index in [4.69, 9.17) is 4.74 Å². The van der Waals surface area contributed by atoms with Crippen LogP contribution in [0.2, 0.25) is 0 Å². The van der Waals surface area contributed by atoms with Gasteiger partial charge in [-0.25, -0.2) is 0 Å². The Morgan fingerprint density at radius 1 is 1.13 bits per heavy atom. The molecule has 15 heavy (non-hydrogen) atoms. The lowest BCUT2D eigenvalue weighted by Gasteiger charge is -1.98. The molecule has 2 nitrogen and oxygen atoms in total. The summed E-state index contributed by atoms with van der Waals surface area (Å²) >= 11 is 0. The highest BCUT2D eigenvalue weighted by Gasteiger charge is 1.84. The van der Waals surface area contributed by atoms with Crippen molar-refractivity contribution in [3.63, 3.8) is 0 Å². The summed E-state index contributed by atoms with van der Waals surface area (Å²) in [7, 11) is 1.94. The van der Waals surface area contributed by atoms with Crippen LogP contribution in [-0.4, -0.2) is 26.8 Å². The first-order valence-electron chi connectivity index (χ1n) is 5.45. The van der Waals surface area contributed by atoms with Crippen molar-refractivity contribution in [2.75, 3.05) is 26.8 Å². The SMILES string of the molecule is CCCCOCC/C=C/C=C/CNC.Cl. The Bertz CT molecular complexity index is 158. The lowest BCUT2D eigenvalue weighted by molar-refractivity contribution is 0.136. The Balaban J connectivity index is 0. The standard InChI is InChI=1S/C12H23NO.ClH/c1-3-4-11-14-12-9-7-5-6-8-10-13-2;/h5-8,13H,3-4,9-12H2,1-2H3;1H/b7-5+,8-6+;. The maximum Gasteiger partial charge on any atom is 0.0500 e. The van der Waals surface area contributed by atoms with Crippen molar-refractivity contribution in [3.05, 3.63) is 24.3 Å². The zero-order valence-electron chi connectivity index (χ0n) is 9.87. The molecule has 0 radical (unpaired) electrons. The lowest BCUT2D eigenvalue weighted by atomic mass is 10.3. The van der Waals surface area contributed by atoms with E-state index in [2.05, 4.69) is 36.5 Å². The van der Waals surface area contributed by atoms with Gasteiger partial charge in [0.05, 0.1) is 6.61 Å². The monoisotopic (exact) mass is 233 g/mol. The predicted octanol–water partition coefficient (Wildman–Crippen LogP) is 2.95. The van der Waals surface area contributed by atoms with Crippen LogP contribution in [0.15, 0.2) is 24.3 Å². The molecule has 0 aliphatic heterocycles. The smallest absolute Gasteiger partial charge is 0.0500 e. The lowest BCUT2D eigenvalue weighted by Crippen LogP contribution is -2.03. The first-order valence-corrected chi connectivity index (χ1v) is 5.45. The number of rotatable bonds is 9. The summed E-state index contributed by atoms with van der Waals surface area (Å²) < 4.78 is 5.41. The van der Waals surface area contributed by atoms with Crippen molar-refractivity contribution in [1.82, 2.24) is 5.32 Å². The molecule has 0 fully saturated rings. The number of unbranched alkanes of at least 4 members (excludes halogenated alkanes) is 1. The maximum absolute atomic E-state index is 5.41. The van der Waals surface area contributed by atoms with Crippen molar-refractivity contribution in [2.45, 2.75) is 26.2 Å². The van der Waals surface area contributed by atoms with E-state index in [0.29, 0.717) is 0 Å². The van der Waals surface area contributed by atoms with Crippen molar-refractivity contribution >= 4 is 12.4 Å². The minimum absolute atomic E-state index is 0. The van der Waals surface area contributed by atoms with E-state index >= 15 is 0 Å². The zero-order chi connectivity index (χ0) is 10.5. The van der Waals surface area contributed by atoms with E-state index in [9.17, 15) is 0 Å². The van der Waals surface area contributed by atoms with Gasteiger partial charge in [-0.05, 0) is 19.9 Å². The molecule has 0 aromatic heterocycles. The average molecular weight is 234 g/mol. The number of hydrogen-bond acceptors (Lipinski definition) is 2. The second-order valence-electron chi connectivity index (χ2n) is 3.17. The summed E-state index contributed by atoms with van der Waals surface area (Å²) in [5.74, 6) is 0. The highest BCUT2D eigenvalue weighted by molar-refractivity contribution is 5.85. The fraction of sp³-hybridized carbons (Fsp3) is 0.667. The van der Waals surface area contributed by atoms with Crippen molar-refractivity contribution in [3.8, 4) is 0 Å². The molecule has 0 saturated carbocycles. The molecule has 0 amide bonds. The average Bonchev–Trinajstić information content (AvgIpc) is 2.21. The van der Waals surface area contributed by atoms with Crippen LogP contribution >= 0.6 is 12.4 Å². The highest BCUT2D eigenvalue weighted by atomic mass is 35.5. The van der Waals surface area contributed by atoms with E-state index in [1.807, 2.05) is 7.05 Å². The fourth-order valence-corrected chi connectivity index (χ4v) is 0.939. The van der Waals surface area contributed by atoms with Gasteiger partial charge in [0, 0.05) is 13.2 Å². The van der Waals surface area contributed by atoms with Gasteiger partial charge in [0.2, 0.25) is 0 Å². The molecule has 0 bridgehead atoms. The summed E-state index contributed by atoms with van der Waals surface area (Å²) in [5, 5.41) is 3.05. The number of likely N-dealkylation sites (N-methyl/N-ethyl adjacent to an activating group) is 1. The summed E-state index contributed by atoms with van der Waals surface area (Å²) in [4.78, 5) is 0. The molecule has 3 heteroatoms. The normalized spacial score (nSPS) is 11.1. The van der Waals surface area contributed by atoms with Crippen LogP contribution in [0.4, 0.5) is 0 Å². The number of ether oxygens (including phenoxy) is 1. The van der Waals surface area contributed by atoms with E-state index in [1.54, 1.807) is 0 Å². The summed E-state index contributed by atoms with van der Waals surface area (Å²) in [6.45, 7) is 4.85. The first kappa shape index (κ1) is 17.1. The third-order valence-corrected chi connectivity index (χ3v) is 1.78. The van der Waals surface area contributed by atoms with Gasteiger partial charge in [0.15, 0.2) is 0 Å². The van der Waals surface area contributed by atoms with Crippen LogP contribution in [0.3, 0.4) is 0 Å². The Morgan fingerprint density at radius 2 is 1.87 bits per heavy atom. The second kappa shape index (κ2) is 16.1. The van der Waals surface area contributed by atoms with Gasteiger partial charge in [-0.15, -0.1) is 12.4 Å². The quantitative estimate of drug-likeness (QED) is 0.489. The molecule has 0 aromatic rings. The van der Waals surface area contributed by atoms with E-state index in [0.717, 1.165) is 26.2 Å². The molecule has 90 valence electrons. The molecule has 1 N–H and O–H groups in total. The van der Waals surface area contributed by atoms with Crippen LogP contribution in [0.1, 0.15) is 26.2 Å². The Kier molecular flexibility index (Phi) is 18.4. The minimum Gasteiger partial charge on any atom is -0.381 e. The fourth-order valence-electron chi connectivity index (χ4n) is 0.939. The summed E-state index contributed by atoms with van der Waals surface area (Å²) in [5.41, 5.74) is 0. The second-order valence-corrected chi connectivity index (χ2v) is 3.17. The predicted molar refractivity (Wildman–Crippen MR) is 69.8 cm³/mol. The van der Waals surface area contributed by atoms with Gasteiger partial charge >= 0.3 is 0 Å². The number of halogens is 1. The van der Waals surface area contributed by atoms with Crippen LogP contribution in [0.5, 0.6) is 0 Å². The number of allylic oxidation sites excluding steroid dienone is 2. The van der Waals surface area contributed by atoms with E-state index in [1.165, 1.54) is 12.8 Å². The third-order valence-electron chi connectivity index (χ3n) is 1.78. The molecule has 0 unspecified atom stereocenters. The van der Waals surface area contributed by atoms with Crippen LogP contribution in [-0.2, 0) is 4.74 Å². The molecule has 0 aliphatic carbocycles. The Morgan fingerprint density at radius 3 is 2.53 bits per heavy atom. The topological polar surface area (TPSA) is 21.3 Å². The summed E-state index contributed by atoms with van der Waals surface area (Å²) in [6.07, 6.45) is 11.7. The molecule has 0 atom stereocenters. The molecule has 0 spiro atoms. The molecule has 0 aliphatic rings. The van der Waals surface area contributed by atoms with Crippen molar-refractivity contribution < 1.29 is 4.74 Å². The molecular weight excluding hydrogens is 210 g/mol. The van der Waals surface area contributed by atoms with Gasteiger partial charge in [-0.1, -0.05) is 37.6 Å². The van der Waals surface area contributed by atoms with E-state index < -0.39 is 0 Å². The third kappa shape index (κ3) is 16.4. The molecule has 0 heterocycles. The van der Waals surface area contributed by atoms with Gasteiger partial charge in [-0.2, -0.15) is 0 Å². The van der Waals surface area contributed by atoms with Gasteiger partial charge in [-0.3, -0.25) is 0 Å². The molecule has 0 saturated heterocycles.